The summed E-state index contributed by atoms with van der Waals surface area (Å²) < 4.78 is 16.8. The van der Waals surface area contributed by atoms with Gasteiger partial charge in [0.15, 0.2) is 0 Å². The molecule has 1 aliphatic heterocycles. The molecule has 1 fully saturated rings. The van der Waals surface area contributed by atoms with Gasteiger partial charge in [0.25, 0.3) is 0 Å². The lowest BCUT2D eigenvalue weighted by molar-refractivity contribution is -0.129. The molecule has 19 nitrogen and oxygen atoms in total. The third-order valence-corrected chi connectivity index (χ3v) is 10.1. The lowest BCUT2D eigenvalue weighted by Crippen LogP contribution is -2.48. The van der Waals surface area contributed by atoms with Gasteiger partial charge in [-0.05, 0) is 72.4 Å². The number of rotatable bonds is 36. The zero-order chi connectivity index (χ0) is 43.7. The van der Waals surface area contributed by atoms with Gasteiger partial charge in [-0.1, -0.05) is 35.4 Å². The number of amides is 8. The molecule has 0 aromatic heterocycles. The quantitative estimate of drug-likeness (QED) is 0.0240. The van der Waals surface area contributed by atoms with Gasteiger partial charge in [0.2, 0.25) is 35.4 Å². The number of nitrogens with zero attached hydrogens (tertiary/aromatic N) is 1. The predicted octanol–water partition coefficient (Wildman–Crippen LogP) is 0.238. The Morgan fingerprint density at radius 1 is 0.644 bits per heavy atom. The van der Waals surface area contributed by atoms with E-state index in [4.69, 9.17) is 14.2 Å². The van der Waals surface area contributed by atoms with Gasteiger partial charge < -0.3 is 56.7 Å². The van der Waals surface area contributed by atoms with Crippen LogP contribution in [0.15, 0.2) is 0 Å². The summed E-state index contributed by atoms with van der Waals surface area (Å²) >= 11 is 1.99. The van der Waals surface area contributed by atoms with E-state index in [0.29, 0.717) is 89.2 Å². The van der Waals surface area contributed by atoms with Gasteiger partial charge in [-0.25, -0.2) is 4.79 Å². The molecule has 8 amide bonds. The van der Waals surface area contributed by atoms with E-state index < -0.39 is 6.04 Å². The minimum Gasteiger partial charge on any atom is -0.377 e. The van der Waals surface area contributed by atoms with Gasteiger partial charge in [-0.2, -0.15) is 0 Å². The Morgan fingerprint density at radius 3 is 1.85 bits per heavy atom. The number of hydrogen-bond donors (Lipinski definition) is 8. The van der Waals surface area contributed by atoms with Gasteiger partial charge in [0.05, 0.1) is 56.2 Å². The highest BCUT2D eigenvalue weighted by molar-refractivity contribution is 14.1. The summed E-state index contributed by atoms with van der Waals surface area (Å²) in [7, 11) is 3.63. The molecule has 1 saturated heterocycles. The molecule has 4 atom stereocenters. The van der Waals surface area contributed by atoms with Crippen LogP contribution in [-0.4, -0.2) is 161 Å². The second-order valence-corrected chi connectivity index (χ2v) is 15.5. The number of likely N-dealkylation sites (N-methyl/N-ethyl adjacent to an activating group) is 1. The number of ether oxygens (including phenoxy) is 3. The van der Waals surface area contributed by atoms with Crippen LogP contribution in [0.5, 0.6) is 0 Å². The Labute approximate surface area is 363 Å². The van der Waals surface area contributed by atoms with Crippen LogP contribution < -0.4 is 42.5 Å². The third kappa shape index (κ3) is 28.7. The number of halogens is 1. The second kappa shape index (κ2) is 34.4. The molecule has 1 heterocycles. The van der Waals surface area contributed by atoms with Crippen LogP contribution in [0.4, 0.5) is 4.79 Å². The Hall–Kier alpha value is -3.34. The fraction of sp³-hybridized carbons (Fsp3) is 0.821. The molecule has 1 rings (SSSR count). The van der Waals surface area contributed by atoms with E-state index in [1.54, 1.807) is 0 Å². The first-order valence-corrected chi connectivity index (χ1v) is 22.5. The Balaban J connectivity index is 2.45. The molecule has 1 aliphatic rings. The zero-order valence-corrected chi connectivity index (χ0v) is 37.8. The van der Waals surface area contributed by atoms with Gasteiger partial charge in [0.1, 0.15) is 6.04 Å². The molecule has 0 saturated carbocycles. The summed E-state index contributed by atoms with van der Waals surface area (Å²) in [5.41, 5.74) is 0. The standard InChI is InChI=1S/C39H72IN9O10/c1-29-31(48-39(56)46-29)12-6-5-7-15-34(51)42-18-10-8-13-32(37(54)45-21-23-58-25-27-59-26-24-57-22-20-43-36(53)28-40)47-35(52)16-19-44-38(55)33(49(3)4)14-9-11-17-41-30(2)50/h29,31-33H,5-28H2,1-4H3,(H,41,50)(H,42,51)(H,43,53)(H,44,55)(H,45,54)(H,47,52)(H2,46,48,56). The first kappa shape index (κ1) is 53.7. The van der Waals surface area contributed by atoms with Crippen molar-refractivity contribution in [1.82, 2.24) is 47.4 Å². The average Bonchev–Trinajstić information content (AvgIpc) is 3.52. The van der Waals surface area contributed by atoms with Crippen LogP contribution in [-0.2, 0) is 43.0 Å². The molecule has 59 heavy (non-hydrogen) atoms. The lowest BCUT2D eigenvalue weighted by atomic mass is 10.0. The maximum absolute atomic E-state index is 13.2. The highest BCUT2D eigenvalue weighted by Gasteiger charge is 2.27. The van der Waals surface area contributed by atoms with E-state index in [0.717, 1.165) is 38.5 Å². The topological polar surface area (TPSA) is 247 Å². The first-order chi connectivity index (χ1) is 28.3. The van der Waals surface area contributed by atoms with E-state index in [-0.39, 0.29) is 85.7 Å². The molecule has 8 N–H and O–H groups in total. The smallest absolute Gasteiger partial charge is 0.315 e. The SMILES string of the molecule is CC(=O)NCCCCC(C(=O)NCCC(=O)NC(CCCCNC(=O)CCCCCC1NC(=O)NC1C)C(=O)NCCOCCOCCOCCNC(=O)CI)N(C)C. The van der Waals surface area contributed by atoms with Gasteiger partial charge in [-0.3, -0.25) is 33.7 Å². The molecule has 0 aliphatic carbocycles. The molecule has 20 heteroatoms. The maximum atomic E-state index is 13.2. The van der Waals surface area contributed by atoms with Crippen molar-refractivity contribution in [3.63, 3.8) is 0 Å². The van der Waals surface area contributed by atoms with Crippen LogP contribution in [0.3, 0.4) is 0 Å². The number of unbranched alkanes of at least 4 members (excludes halogenated alkanes) is 4. The molecule has 340 valence electrons. The third-order valence-electron chi connectivity index (χ3n) is 9.43. The van der Waals surface area contributed by atoms with Crippen molar-refractivity contribution >= 4 is 64.1 Å². The van der Waals surface area contributed by atoms with Crippen molar-refractivity contribution in [3.8, 4) is 0 Å². The Morgan fingerprint density at radius 2 is 1.24 bits per heavy atom. The molecule has 0 spiro atoms. The zero-order valence-electron chi connectivity index (χ0n) is 35.7. The van der Waals surface area contributed by atoms with E-state index in [1.165, 1.54) is 6.92 Å². The highest BCUT2D eigenvalue weighted by atomic mass is 127. The van der Waals surface area contributed by atoms with E-state index >= 15 is 0 Å². The number of urea groups is 1. The fourth-order valence-electron chi connectivity index (χ4n) is 6.11. The van der Waals surface area contributed by atoms with Crippen LogP contribution in [0.2, 0.25) is 0 Å². The first-order valence-electron chi connectivity index (χ1n) is 21.0. The Kier molecular flexibility index (Phi) is 31.3. The molecule has 4 unspecified atom stereocenters. The van der Waals surface area contributed by atoms with Crippen molar-refractivity contribution in [2.24, 2.45) is 0 Å². The lowest BCUT2D eigenvalue weighted by Gasteiger charge is -2.23. The normalized spacial score (nSPS) is 15.7. The van der Waals surface area contributed by atoms with Crippen molar-refractivity contribution in [2.45, 2.75) is 115 Å². The Bertz CT molecular complexity index is 1250. The van der Waals surface area contributed by atoms with Crippen molar-refractivity contribution in [2.75, 3.05) is 90.9 Å². The van der Waals surface area contributed by atoms with Crippen LogP contribution in [0.25, 0.3) is 0 Å². The molecule has 0 bridgehead atoms. The van der Waals surface area contributed by atoms with Crippen LogP contribution in [0.1, 0.15) is 90.9 Å². The summed E-state index contributed by atoms with van der Waals surface area (Å²) in [6.07, 6.45) is 7.48. The minimum absolute atomic E-state index is 0.0111. The van der Waals surface area contributed by atoms with Crippen molar-refractivity contribution < 1.29 is 47.8 Å². The second-order valence-electron chi connectivity index (χ2n) is 14.7. The number of hydrogen-bond acceptors (Lipinski definition) is 11. The minimum atomic E-state index is -0.812. The number of alkyl halides is 1. The maximum Gasteiger partial charge on any atom is 0.315 e. The van der Waals surface area contributed by atoms with E-state index in [1.807, 2.05) is 48.5 Å². The van der Waals surface area contributed by atoms with Crippen LogP contribution in [0, 0.1) is 0 Å². The summed E-state index contributed by atoms with van der Waals surface area (Å²) in [5.74, 6) is -1.09. The molecule has 0 aromatic rings. The van der Waals surface area contributed by atoms with Gasteiger partial charge in [-0.15, -0.1) is 0 Å². The van der Waals surface area contributed by atoms with Crippen molar-refractivity contribution in [1.29, 1.82) is 0 Å². The average molecular weight is 954 g/mol. The molecular formula is C39H72IN9O10. The van der Waals surface area contributed by atoms with E-state index in [9.17, 15) is 33.6 Å². The summed E-state index contributed by atoms with van der Waals surface area (Å²) in [5, 5.41) is 22.6. The number of nitrogens with one attached hydrogen (secondary N) is 8. The highest BCUT2D eigenvalue weighted by Crippen LogP contribution is 2.12. The van der Waals surface area contributed by atoms with Gasteiger partial charge in [0, 0.05) is 58.5 Å². The predicted molar refractivity (Wildman–Crippen MR) is 232 cm³/mol. The fourth-order valence-corrected chi connectivity index (χ4v) is 6.38. The molecule has 0 aromatic carbocycles. The largest absolute Gasteiger partial charge is 0.377 e. The molecular weight excluding hydrogens is 881 g/mol. The monoisotopic (exact) mass is 953 g/mol. The summed E-state index contributed by atoms with van der Waals surface area (Å²) in [6, 6.07) is -1.11. The van der Waals surface area contributed by atoms with Crippen LogP contribution >= 0.6 is 22.6 Å². The number of carbonyl (C=O) groups excluding carboxylic acids is 7. The summed E-state index contributed by atoms with van der Waals surface area (Å²) in [4.78, 5) is 87.0. The van der Waals surface area contributed by atoms with Crippen molar-refractivity contribution in [3.05, 3.63) is 0 Å². The van der Waals surface area contributed by atoms with Gasteiger partial charge >= 0.3 is 6.03 Å². The number of carbonyl (C=O) groups is 7. The summed E-state index contributed by atoms with van der Waals surface area (Å²) in [6.45, 7) is 7.31. The molecule has 0 radical (unpaired) electrons. The van der Waals surface area contributed by atoms with E-state index in [2.05, 4.69) is 42.5 Å².